The zero-order chi connectivity index (χ0) is 16.4. The summed E-state index contributed by atoms with van der Waals surface area (Å²) >= 11 is 0. The number of nitrogens with one attached hydrogen (secondary N) is 1. The Morgan fingerprint density at radius 2 is 2.00 bits per heavy atom. The number of hydrogen-bond donors (Lipinski definition) is 2. The van der Waals surface area contributed by atoms with Crippen molar-refractivity contribution in [3.8, 4) is 0 Å². The molecule has 5 nitrogen and oxygen atoms in total. The van der Waals surface area contributed by atoms with Gasteiger partial charge in [0.25, 0.3) is 0 Å². The Morgan fingerprint density at radius 1 is 1.21 bits per heavy atom. The summed E-state index contributed by atoms with van der Waals surface area (Å²) in [5.74, 6) is 0.533. The molecule has 0 spiro atoms. The van der Waals surface area contributed by atoms with Crippen molar-refractivity contribution < 1.29 is 4.74 Å². The number of likely N-dealkylation sites (tertiary alicyclic amines) is 1. The van der Waals surface area contributed by atoms with Crippen molar-refractivity contribution in [2.75, 3.05) is 31.5 Å². The Hall–Kier alpha value is -1.59. The highest BCUT2D eigenvalue weighted by atomic mass is 16.5. The van der Waals surface area contributed by atoms with Crippen LogP contribution < -0.4 is 11.1 Å². The Bertz CT molecular complexity index is 603. The number of rotatable bonds is 4. The number of benzene rings is 1. The molecule has 2 atom stereocenters. The second-order valence-electron chi connectivity index (χ2n) is 7.26. The van der Waals surface area contributed by atoms with Crippen molar-refractivity contribution in [3.63, 3.8) is 0 Å². The van der Waals surface area contributed by atoms with Gasteiger partial charge in [0.15, 0.2) is 5.96 Å². The van der Waals surface area contributed by atoms with Gasteiger partial charge in [-0.3, -0.25) is 9.89 Å². The summed E-state index contributed by atoms with van der Waals surface area (Å²) in [6.45, 7) is 3.80. The molecule has 2 saturated heterocycles. The molecule has 0 aromatic heterocycles. The number of morpholine rings is 1. The topological polar surface area (TPSA) is 62.9 Å². The normalized spacial score (nSPS) is 27.1. The van der Waals surface area contributed by atoms with E-state index in [0.717, 1.165) is 38.3 Å². The largest absolute Gasteiger partial charge is 0.372 e. The summed E-state index contributed by atoms with van der Waals surface area (Å²) in [5, 5.41) is 3.32. The summed E-state index contributed by atoms with van der Waals surface area (Å²) in [7, 11) is 0. The summed E-state index contributed by atoms with van der Waals surface area (Å²) in [6.07, 6.45) is 8.20. The zero-order valence-corrected chi connectivity index (χ0v) is 14.3. The number of hydrogen-bond acceptors (Lipinski definition) is 3. The van der Waals surface area contributed by atoms with Crippen LogP contribution >= 0.6 is 0 Å². The summed E-state index contributed by atoms with van der Waals surface area (Å²) in [5.41, 5.74) is 10.1. The molecule has 5 heteroatoms. The van der Waals surface area contributed by atoms with E-state index in [4.69, 9.17) is 10.5 Å². The number of aliphatic imine (C=N–C) groups is 1. The highest BCUT2D eigenvalue weighted by molar-refractivity contribution is 5.93. The van der Waals surface area contributed by atoms with Crippen LogP contribution in [0.25, 0.3) is 0 Å². The van der Waals surface area contributed by atoms with Crippen LogP contribution in [0.5, 0.6) is 0 Å². The number of fused-ring (bicyclic) bond motifs is 3. The molecule has 130 valence electrons. The van der Waals surface area contributed by atoms with E-state index in [1.807, 2.05) is 0 Å². The van der Waals surface area contributed by atoms with Crippen molar-refractivity contribution in [3.05, 3.63) is 29.3 Å². The molecule has 4 rings (SSSR count). The second kappa shape index (κ2) is 7.11. The van der Waals surface area contributed by atoms with Gasteiger partial charge < -0.3 is 15.8 Å². The molecule has 1 aliphatic carbocycles. The minimum Gasteiger partial charge on any atom is -0.372 e. The molecule has 0 saturated carbocycles. The van der Waals surface area contributed by atoms with E-state index in [1.54, 1.807) is 0 Å². The summed E-state index contributed by atoms with van der Waals surface area (Å²) in [4.78, 5) is 7.00. The fourth-order valence-electron chi connectivity index (χ4n) is 4.27. The number of nitrogens with two attached hydrogens (primary N) is 1. The Labute approximate surface area is 144 Å². The van der Waals surface area contributed by atoms with Gasteiger partial charge in [0, 0.05) is 25.3 Å². The first-order valence-electron chi connectivity index (χ1n) is 9.33. The first-order valence-corrected chi connectivity index (χ1v) is 9.33. The summed E-state index contributed by atoms with van der Waals surface area (Å²) < 4.78 is 5.87. The van der Waals surface area contributed by atoms with Crippen LogP contribution in [0.15, 0.2) is 23.2 Å². The van der Waals surface area contributed by atoms with Crippen molar-refractivity contribution in [1.82, 2.24) is 4.90 Å². The average Bonchev–Trinajstić information content (AvgIpc) is 2.94. The van der Waals surface area contributed by atoms with Crippen LogP contribution in [0.4, 0.5) is 5.69 Å². The van der Waals surface area contributed by atoms with Crippen molar-refractivity contribution >= 4 is 11.6 Å². The fraction of sp³-hybridized carbons (Fsp3) is 0.632. The van der Waals surface area contributed by atoms with Gasteiger partial charge in [0.1, 0.15) is 0 Å². The molecule has 2 unspecified atom stereocenters. The lowest BCUT2D eigenvalue weighted by Crippen LogP contribution is -2.43. The lowest BCUT2D eigenvalue weighted by molar-refractivity contribution is -0.0370. The predicted molar refractivity (Wildman–Crippen MR) is 97.5 cm³/mol. The third-order valence-electron chi connectivity index (χ3n) is 5.48. The molecule has 0 amide bonds. The minimum absolute atomic E-state index is 0.444. The number of anilines is 1. The Balaban J connectivity index is 1.31. The van der Waals surface area contributed by atoms with Crippen LogP contribution in [-0.2, 0) is 17.6 Å². The van der Waals surface area contributed by atoms with Gasteiger partial charge in [-0.2, -0.15) is 0 Å². The van der Waals surface area contributed by atoms with E-state index in [1.165, 1.54) is 43.2 Å². The number of guanidine groups is 1. The van der Waals surface area contributed by atoms with E-state index in [0.29, 0.717) is 18.2 Å². The minimum atomic E-state index is 0.444. The number of ether oxygens (including phenoxy) is 1. The van der Waals surface area contributed by atoms with Crippen molar-refractivity contribution in [2.24, 2.45) is 10.7 Å². The van der Waals surface area contributed by atoms with Gasteiger partial charge in [-0.05, 0) is 55.7 Å². The first-order chi connectivity index (χ1) is 11.8. The molecule has 3 aliphatic rings. The lowest BCUT2D eigenvalue weighted by Gasteiger charge is -2.31. The average molecular weight is 328 g/mol. The smallest absolute Gasteiger partial charge is 0.193 e. The van der Waals surface area contributed by atoms with Crippen molar-refractivity contribution in [2.45, 2.75) is 50.7 Å². The zero-order valence-electron chi connectivity index (χ0n) is 14.3. The van der Waals surface area contributed by atoms with Crippen molar-refractivity contribution in [1.29, 1.82) is 0 Å². The van der Waals surface area contributed by atoms with E-state index < -0.39 is 0 Å². The SMILES string of the molecule is NC(=NCCN1CC2CCC(C1)O2)Nc1cccc2c1CCCC2. The van der Waals surface area contributed by atoms with Gasteiger partial charge in [0.2, 0.25) is 0 Å². The highest BCUT2D eigenvalue weighted by Crippen LogP contribution is 2.28. The quantitative estimate of drug-likeness (QED) is 0.657. The maximum Gasteiger partial charge on any atom is 0.193 e. The molecule has 3 N–H and O–H groups in total. The Morgan fingerprint density at radius 3 is 2.83 bits per heavy atom. The number of nitrogens with zero attached hydrogens (tertiary/aromatic N) is 2. The standard InChI is InChI=1S/C19H28N4O/c20-19(21-10-11-23-12-15-8-9-16(13-23)24-15)22-18-7-3-5-14-4-1-2-6-17(14)18/h3,5,7,15-16H,1-2,4,6,8-13H2,(H3,20,21,22). The molecule has 2 heterocycles. The van der Waals surface area contributed by atoms with Crippen LogP contribution in [0.2, 0.25) is 0 Å². The van der Waals surface area contributed by atoms with E-state index in [2.05, 4.69) is 33.4 Å². The second-order valence-corrected chi connectivity index (χ2v) is 7.26. The molecule has 1 aromatic carbocycles. The van der Waals surface area contributed by atoms with Gasteiger partial charge >= 0.3 is 0 Å². The fourth-order valence-corrected chi connectivity index (χ4v) is 4.27. The third-order valence-corrected chi connectivity index (χ3v) is 5.48. The third kappa shape index (κ3) is 3.57. The predicted octanol–water partition coefficient (Wildman–Crippen LogP) is 2.16. The lowest BCUT2D eigenvalue weighted by atomic mass is 9.90. The summed E-state index contributed by atoms with van der Waals surface area (Å²) in [6, 6.07) is 6.47. The van der Waals surface area contributed by atoms with Gasteiger partial charge in [-0.25, -0.2) is 0 Å². The highest BCUT2D eigenvalue weighted by Gasteiger charge is 2.33. The van der Waals surface area contributed by atoms with E-state index >= 15 is 0 Å². The molecule has 2 fully saturated rings. The van der Waals surface area contributed by atoms with Gasteiger partial charge in [-0.1, -0.05) is 12.1 Å². The van der Waals surface area contributed by atoms with Crippen LogP contribution in [0.1, 0.15) is 36.8 Å². The molecule has 2 aliphatic heterocycles. The first kappa shape index (κ1) is 15.9. The van der Waals surface area contributed by atoms with E-state index in [9.17, 15) is 0 Å². The maximum atomic E-state index is 6.12. The van der Waals surface area contributed by atoms with Crippen LogP contribution in [-0.4, -0.2) is 49.2 Å². The molecule has 2 bridgehead atoms. The van der Waals surface area contributed by atoms with Crippen LogP contribution in [0.3, 0.4) is 0 Å². The van der Waals surface area contributed by atoms with Crippen LogP contribution in [0, 0.1) is 0 Å². The molecule has 24 heavy (non-hydrogen) atoms. The van der Waals surface area contributed by atoms with Gasteiger partial charge in [-0.15, -0.1) is 0 Å². The molecule has 1 aromatic rings. The Kier molecular flexibility index (Phi) is 4.72. The monoisotopic (exact) mass is 328 g/mol. The molecule has 0 radical (unpaired) electrons. The van der Waals surface area contributed by atoms with E-state index in [-0.39, 0.29) is 0 Å². The molecular formula is C19H28N4O. The maximum absolute atomic E-state index is 6.12. The number of aryl methyl sites for hydroxylation is 1. The van der Waals surface area contributed by atoms with Gasteiger partial charge in [0.05, 0.1) is 18.8 Å². The molecular weight excluding hydrogens is 300 g/mol.